The van der Waals surface area contributed by atoms with Crippen molar-refractivity contribution in [2.24, 2.45) is 0 Å². The van der Waals surface area contributed by atoms with Crippen LogP contribution in [0, 0.1) is 6.92 Å². The molecule has 0 unspecified atom stereocenters. The molecule has 1 aliphatic rings. The molecule has 1 aliphatic heterocycles. The zero-order valence-corrected chi connectivity index (χ0v) is 16.2. The first kappa shape index (κ1) is 18.4. The summed E-state index contributed by atoms with van der Waals surface area (Å²) in [7, 11) is 0. The Balaban J connectivity index is 1.51. The van der Waals surface area contributed by atoms with Crippen molar-refractivity contribution in [2.75, 3.05) is 31.1 Å². The Kier molecular flexibility index (Phi) is 5.00. The molecule has 0 spiro atoms. The molecule has 1 aromatic carbocycles. The molecule has 3 aromatic rings. The maximum absolute atomic E-state index is 13.2. The van der Waals surface area contributed by atoms with Crippen LogP contribution in [-0.2, 0) is 6.42 Å². The second-order valence-corrected chi connectivity index (χ2v) is 7.39. The number of aryl methyl sites for hydroxylation is 1. The number of aromatic nitrogens is 3. The van der Waals surface area contributed by atoms with Crippen LogP contribution in [0.25, 0.3) is 5.65 Å². The predicted molar refractivity (Wildman–Crippen MR) is 108 cm³/mol. The zero-order chi connectivity index (χ0) is 19.7. The summed E-state index contributed by atoms with van der Waals surface area (Å²) in [5.74, 6) is -0.0338. The fourth-order valence-corrected chi connectivity index (χ4v) is 3.73. The average molecular weight is 379 g/mol. The second kappa shape index (κ2) is 7.59. The first-order valence-electron chi connectivity index (χ1n) is 9.62. The lowest BCUT2D eigenvalue weighted by Crippen LogP contribution is -2.54. The van der Waals surface area contributed by atoms with Gasteiger partial charge in [0.25, 0.3) is 5.91 Å². The lowest BCUT2D eigenvalue weighted by Gasteiger charge is -2.41. The number of anilines is 1. The van der Waals surface area contributed by atoms with Crippen molar-refractivity contribution in [3.05, 3.63) is 59.5 Å². The van der Waals surface area contributed by atoms with Crippen LogP contribution in [-0.4, -0.2) is 62.8 Å². The molecule has 1 fully saturated rings. The van der Waals surface area contributed by atoms with E-state index < -0.39 is 0 Å². The highest BCUT2D eigenvalue weighted by atomic mass is 16.3. The number of nitrogens with zero attached hydrogens (tertiary/aromatic N) is 5. The summed E-state index contributed by atoms with van der Waals surface area (Å²) in [5.41, 5.74) is 4.40. The minimum Gasteiger partial charge on any atom is -0.396 e. The minimum atomic E-state index is -0.0338. The molecule has 7 nitrogen and oxygen atoms in total. The lowest BCUT2D eigenvalue weighted by molar-refractivity contribution is 0.0676. The van der Waals surface area contributed by atoms with Crippen molar-refractivity contribution in [3.8, 4) is 0 Å². The van der Waals surface area contributed by atoms with Crippen molar-refractivity contribution < 1.29 is 9.90 Å². The molecule has 1 saturated heterocycles. The van der Waals surface area contributed by atoms with E-state index in [4.69, 9.17) is 5.11 Å². The largest absolute Gasteiger partial charge is 0.396 e. The molecule has 0 bridgehead atoms. The summed E-state index contributed by atoms with van der Waals surface area (Å²) in [6, 6.07) is 8.60. The third-order valence-corrected chi connectivity index (χ3v) is 5.33. The van der Waals surface area contributed by atoms with Crippen molar-refractivity contribution in [1.82, 2.24) is 19.5 Å². The van der Waals surface area contributed by atoms with Gasteiger partial charge < -0.3 is 14.9 Å². The molecule has 0 saturated carbocycles. The summed E-state index contributed by atoms with van der Waals surface area (Å²) in [6.07, 6.45) is 5.62. The highest BCUT2D eigenvalue weighted by Gasteiger charge is 2.30. The van der Waals surface area contributed by atoms with Gasteiger partial charge in [-0.15, -0.1) is 0 Å². The molecule has 0 aliphatic carbocycles. The Morgan fingerprint density at radius 1 is 1.21 bits per heavy atom. The monoisotopic (exact) mass is 379 g/mol. The highest BCUT2D eigenvalue weighted by molar-refractivity contribution is 6.00. The summed E-state index contributed by atoms with van der Waals surface area (Å²) in [5, 5.41) is 13.4. The number of amides is 1. The van der Waals surface area contributed by atoms with E-state index in [2.05, 4.69) is 53.1 Å². The van der Waals surface area contributed by atoms with E-state index in [1.54, 1.807) is 16.9 Å². The molecule has 2 aromatic heterocycles. The fourth-order valence-electron chi connectivity index (χ4n) is 3.73. The second-order valence-electron chi connectivity index (χ2n) is 7.39. The Hall–Kier alpha value is -2.93. The number of piperazine rings is 1. The van der Waals surface area contributed by atoms with E-state index in [-0.39, 0.29) is 18.6 Å². The average Bonchev–Trinajstić information content (AvgIpc) is 3.11. The van der Waals surface area contributed by atoms with Crippen molar-refractivity contribution in [2.45, 2.75) is 26.3 Å². The van der Waals surface area contributed by atoms with Gasteiger partial charge in [0.1, 0.15) is 5.56 Å². The van der Waals surface area contributed by atoms with Gasteiger partial charge in [-0.1, -0.05) is 17.7 Å². The van der Waals surface area contributed by atoms with Gasteiger partial charge in [0.15, 0.2) is 5.65 Å². The van der Waals surface area contributed by atoms with Crippen LogP contribution < -0.4 is 4.90 Å². The van der Waals surface area contributed by atoms with E-state index in [9.17, 15) is 4.79 Å². The van der Waals surface area contributed by atoms with Gasteiger partial charge in [0.2, 0.25) is 0 Å². The Morgan fingerprint density at radius 3 is 2.71 bits per heavy atom. The summed E-state index contributed by atoms with van der Waals surface area (Å²) < 4.78 is 1.62. The van der Waals surface area contributed by atoms with Gasteiger partial charge in [-0.3, -0.25) is 4.79 Å². The number of aliphatic hydroxyl groups excluding tert-OH is 1. The molecular formula is C21H25N5O2. The van der Waals surface area contributed by atoms with Crippen LogP contribution in [0.2, 0.25) is 0 Å². The van der Waals surface area contributed by atoms with Gasteiger partial charge in [0.05, 0.1) is 6.20 Å². The number of aliphatic hydroxyl groups is 1. The number of hydrogen-bond acceptors (Lipinski definition) is 5. The molecule has 28 heavy (non-hydrogen) atoms. The molecule has 1 N–H and O–H groups in total. The van der Waals surface area contributed by atoms with Crippen LogP contribution in [0.5, 0.6) is 0 Å². The maximum Gasteiger partial charge on any atom is 0.259 e. The minimum absolute atomic E-state index is 0.0338. The number of carbonyl (C=O) groups is 1. The van der Waals surface area contributed by atoms with Crippen LogP contribution in [0.15, 0.2) is 42.9 Å². The Labute approximate surface area is 164 Å². The van der Waals surface area contributed by atoms with Gasteiger partial charge in [-0.25, -0.2) is 9.50 Å². The van der Waals surface area contributed by atoms with Crippen LogP contribution in [0.3, 0.4) is 0 Å². The highest BCUT2D eigenvalue weighted by Crippen LogP contribution is 2.22. The SMILES string of the molecule is Cc1ccc(N2CCN(C(=O)c3cnn4cc(CCO)cnc34)[C@H](C)C2)cc1. The van der Waals surface area contributed by atoms with Crippen molar-refractivity contribution in [3.63, 3.8) is 0 Å². The van der Waals surface area contributed by atoms with Crippen LogP contribution in [0.4, 0.5) is 5.69 Å². The Bertz CT molecular complexity index is 982. The fraction of sp³-hybridized carbons (Fsp3) is 0.381. The van der Waals surface area contributed by atoms with Crippen LogP contribution >= 0.6 is 0 Å². The number of hydrogen-bond donors (Lipinski definition) is 1. The van der Waals surface area contributed by atoms with E-state index in [0.717, 1.165) is 18.7 Å². The Morgan fingerprint density at radius 2 is 2.00 bits per heavy atom. The van der Waals surface area contributed by atoms with Gasteiger partial charge in [-0.2, -0.15) is 5.10 Å². The number of rotatable bonds is 4. The lowest BCUT2D eigenvalue weighted by atomic mass is 10.1. The van der Waals surface area contributed by atoms with Crippen molar-refractivity contribution >= 4 is 17.2 Å². The first-order chi connectivity index (χ1) is 13.6. The molecule has 4 rings (SSSR count). The predicted octanol–water partition coefficient (Wildman–Crippen LogP) is 1.92. The summed E-state index contributed by atoms with van der Waals surface area (Å²) >= 11 is 0. The van der Waals surface area contributed by atoms with Crippen molar-refractivity contribution in [1.29, 1.82) is 0 Å². The van der Waals surface area contributed by atoms with Gasteiger partial charge in [-0.05, 0) is 38.0 Å². The molecule has 7 heteroatoms. The van der Waals surface area contributed by atoms with Gasteiger partial charge >= 0.3 is 0 Å². The number of benzene rings is 1. The molecule has 146 valence electrons. The summed E-state index contributed by atoms with van der Waals surface area (Å²) in [4.78, 5) is 21.8. The first-order valence-corrected chi connectivity index (χ1v) is 9.62. The van der Waals surface area contributed by atoms with E-state index in [1.165, 1.54) is 11.3 Å². The number of fused-ring (bicyclic) bond motifs is 1. The summed E-state index contributed by atoms with van der Waals surface area (Å²) in [6.45, 7) is 6.47. The number of carbonyl (C=O) groups excluding carboxylic acids is 1. The van der Waals surface area contributed by atoms with Gasteiger partial charge in [0, 0.05) is 50.4 Å². The molecule has 3 heterocycles. The third-order valence-electron chi connectivity index (χ3n) is 5.33. The molecule has 1 atom stereocenters. The topological polar surface area (TPSA) is 74.0 Å². The normalized spacial score (nSPS) is 17.3. The van der Waals surface area contributed by atoms with Crippen LogP contribution in [0.1, 0.15) is 28.4 Å². The standard InChI is InChI=1S/C21H25N5O2/c1-15-3-5-18(6-4-15)24-8-9-25(16(2)13-24)21(28)19-12-23-26-14-17(7-10-27)11-22-20(19)26/h3-6,11-12,14,16,27H,7-10,13H2,1-2H3/t16-/m1/s1. The van der Waals surface area contributed by atoms with E-state index >= 15 is 0 Å². The molecule has 0 radical (unpaired) electrons. The maximum atomic E-state index is 13.2. The third kappa shape index (κ3) is 3.45. The van der Waals surface area contributed by atoms with E-state index in [1.807, 2.05) is 11.1 Å². The smallest absolute Gasteiger partial charge is 0.259 e. The quantitative estimate of drug-likeness (QED) is 0.750. The zero-order valence-electron chi connectivity index (χ0n) is 16.2. The van der Waals surface area contributed by atoms with E-state index in [0.29, 0.717) is 24.2 Å². The molecule has 1 amide bonds. The molecular weight excluding hydrogens is 354 g/mol.